The molecule has 1 heterocycles. The molecule has 20 heavy (non-hydrogen) atoms. The third-order valence-corrected chi connectivity index (χ3v) is 4.33. The van der Waals surface area contributed by atoms with E-state index >= 15 is 0 Å². The van der Waals surface area contributed by atoms with Crippen molar-refractivity contribution in [3.8, 4) is 0 Å². The standard InChI is InChI=1S/C14H13Cl2NO2S/c1-9(12-3-2-6-19-12)17-14(18)8-20-13-7-10(15)4-5-11(13)16/h2-7,9H,8H2,1H3,(H,17,18). The second-order valence-corrected chi connectivity index (χ2v) is 6.03. The van der Waals surface area contributed by atoms with Gasteiger partial charge in [0, 0.05) is 9.92 Å². The molecule has 1 amide bonds. The first-order chi connectivity index (χ1) is 9.56. The summed E-state index contributed by atoms with van der Waals surface area (Å²) in [6, 6.07) is 8.64. The molecule has 2 rings (SSSR count). The Kier molecular flexibility index (Phi) is 5.40. The fourth-order valence-corrected chi connectivity index (χ4v) is 2.93. The van der Waals surface area contributed by atoms with Crippen LogP contribution in [0.4, 0.5) is 0 Å². The van der Waals surface area contributed by atoms with Crippen LogP contribution in [0.15, 0.2) is 45.9 Å². The Morgan fingerprint density at radius 3 is 2.90 bits per heavy atom. The highest BCUT2D eigenvalue weighted by Gasteiger charge is 2.12. The van der Waals surface area contributed by atoms with Crippen molar-refractivity contribution in [1.82, 2.24) is 5.32 Å². The van der Waals surface area contributed by atoms with Crippen molar-refractivity contribution in [2.24, 2.45) is 0 Å². The van der Waals surface area contributed by atoms with Gasteiger partial charge in [-0.15, -0.1) is 11.8 Å². The van der Waals surface area contributed by atoms with E-state index < -0.39 is 0 Å². The van der Waals surface area contributed by atoms with Gasteiger partial charge < -0.3 is 9.73 Å². The molecule has 0 radical (unpaired) electrons. The maximum Gasteiger partial charge on any atom is 0.230 e. The van der Waals surface area contributed by atoms with Crippen LogP contribution >= 0.6 is 35.0 Å². The third-order valence-electron chi connectivity index (χ3n) is 2.60. The lowest BCUT2D eigenvalue weighted by Crippen LogP contribution is -2.27. The van der Waals surface area contributed by atoms with Gasteiger partial charge in [0.1, 0.15) is 5.76 Å². The molecule has 0 fully saturated rings. The summed E-state index contributed by atoms with van der Waals surface area (Å²) in [5, 5.41) is 4.04. The summed E-state index contributed by atoms with van der Waals surface area (Å²) in [5.41, 5.74) is 0. The van der Waals surface area contributed by atoms with E-state index in [9.17, 15) is 4.79 Å². The van der Waals surface area contributed by atoms with Gasteiger partial charge in [-0.05, 0) is 37.3 Å². The van der Waals surface area contributed by atoms with E-state index in [-0.39, 0.29) is 17.7 Å². The molecule has 3 nitrogen and oxygen atoms in total. The van der Waals surface area contributed by atoms with E-state index in [0.29, 0.717) is 10.0 Å². The van der Waals surface area contributed by atoms with E-state index in [4.69, 9.17) is 27.6 Å². The summed E-state index contributed by atoms with van der Waals surface area (Å²) in [6.07, 6.45) is 1.58. The summed E-state index contributed by atoms with van der Waals surface area (Å²) < 4.78 is 5.23. The van der Waals surface area contributed by atoms with Crippen molar-refractivity contribution < 1.29 is 9.21 Å². The number of furan rings is 1. The largest absolute Gasteiger partial charge is 0.467 e. The Morgan fingerprint density at radius 2 is 2.20 bits per heavy atom. The van der Waals surface area contributed by atoms with Gasteiger partial charge in [-0.3, -0.25) is 4.79 Å². The quantitative estimate of drug-likeness (QED) is 0.818. The normalized spacial score (nSPS) is 12.2. The first-order valence-corrected chi connectivity index (χ1v) is 7.71. The molecule has 0 aliphatic carbocycles. The van der Waals surface area contributed by atoms with Crippen LogP contribution in [-0.4, -0.2) is 11.7 Å². The van der Waals surface area contributed by atoms with Gasteiger partial charge in [0.2, 0.25) is 5.91 Å². The van der Waals surface area contributed by atoms with Crippen molar-refractivity contribution in [3.05, 3.63) is 52.4 Å². The van der Waals surface area contributed by atoms with Gasteiger partial charge in [-0.25, -0.2) is 0 Å². The van der Waals surface area contributed by atoms with Crippen molar-refractivity contribution in [2.75, 3.05) is 5.75 Å². The molecule has 1 aromatic heterocycles. The fraction of sp³-hybridized carbons (Fsp3) is 0.214. The maximum absolute atomic E-state index is 11.9. The minimum atomic E-state index is -0.159. The van der Waals surface area contributed by atoms with Crippen molar-refractivity contribution in [3.63, 3.8) is 0 Å². The van der Waals surface area contributed by atoms with Crippen LogP contribution in [0.25, 0.3) is 0 Å². The average molecular weight is 330 g/mol. The number of thioether (sulfide) groups is 1. The number of carbonyl (C=O) groups excluding carboxylic acids is 1. The number of amides is 1. The molecule has 0 spiro atoms. The van der Waals surface area contributed by atoms with E-state index in [1.165, 1.54) is 11.8 Å². The molecular weight excluding hydrogens is 317 g/mol. The Balaban J connectivity index is 1.87. The van der Waals surface area contributed by atoms with E-state index in [1.54, 1.807) is 30.5 Å². The number of hydrogen-bond acceptors (Lipinski definition) is 3. The second-order valence-electron chi connectivity index (χ2n) is 4.17. The van der Waals surface area contributed by atoms with Crippen LogP contribution in [-0.2, 0) is 4.79 Å². The number of halogens is 2. The Labute approximate surface area is 131 Å². The van der Waals surface area contributed by atoms with Crippen LogP contribution < -0.4 is 5.32 Å². The van der Waals surface area contributed by atoms with Gasteiger partial charge in [0.15, 0.2) is 0 Å². The minimum Gasteiger partial charge on any atom is -0.467 e. The minimum absolute atomic E-state index is 0.0880. The molecule has 1 N–H and O–H groups in total. The fourth-order valence-electron chi connectivity index (χ4n) is 1.62. The molecule has 0 aliphatic rings. The predicted octanol–water partition coefficient (Wildman–Crippen LogP) is 4.56. The SMILES string of the molecule is CC(NC(=O)CSc1cc(Cl)ccc1Cl)c1ccco1. The van der Waals surface area contributed by atoms with Gasteiger partial charge >= 0.3 is 0 Å². The summed E-state index contributed by atoms with van der Waals surface area (Å²) in [4.78, 5) is 12.7. The lowest BCUT2D eigenvalue weighted by molar-refractivity contribution is -0.119. The van der Waals surface area contributed by atoms with Gasteiger partial charge in [0.05, 0.1) is 23.1 Å². The molecule has 1 aromatic carbocycles. The van der Waals surface area contributed by atoms with E-state index in [0.717, 1.165) is 10.7 Å². The van der Waals surface area contributed by atoms with Crippen LogP contribution in [0.3, 0.4) is 0 Å². The summed E-state index contributed by atoms with van der Waals surface area (Å²) >= 11 is 13.3. The lowest BCUT2D eigenvalue weighted by Gasteiger charge is -2.11. The van der Waals surface area contributed by atoms with Crippen molar-refractivity contribution in [2.45, 2.75) is 17.9 Å². The zero-order valence-corrected chi connectivity index (χ0v) is 13.1. The average Bonchev–Trinajstić information content (AvgIpc) is 2.94. The second kappa shape index (κ2) is 7.07. The van der Waals surface area contributed by atoms with E-state index in [1.807, 2.05) is 13.0 Å². The molecular formula is C14H13Cl2NO2S. The number of rotatable bonds is 5. The smallest absolute Gasteiger partial charge is 0.230 e. The number of carbonyl (C=O) groups is 1. The Morgan fingerprint density at radius 1 is 1.40 bits per heavy atom. The highest BCUT2D eigenvalue weighted by Crippen LogP contribution is 2.29. The van der Waals surface area contributed by atoms with Crippen molar-refractivity contribution >= 4 is 40.9 Å². The maximum atomic E-state index is 11.9. The summed E-state index contributed by atoms with van der Waals surface area (Å²) in [7, 11) is 0. The topological polar surface area (TPSA) is 42.2 Å². The summed E-state index contributed by atoms with van der Waals surface area (Å²) in [6.45, 7) is 1.87. The Bertz CT molecular complexity index is 587. The van der Waals surface area contributed by atoms with Crippen LogP contribution in [0.1, 0.15) is 18.7 Å². The lowest BCUT2D eigenvalue weighted by atomic mass is 10.2. The van der Waals surface area contributed by atoms with Gasteiger partial charge in [0.25, 0.3) is 0 Å². The number of hydrogen-bond donors (Lipinski definition) is 1. The molecule has 0 saturated carbocycles. The molecule has 0 saturated heterocycles. The molecule has 2 aromatic rings. The number of benzene rings is 1. The number of nitrogens with one attached hydrogen (secondary N) is 1. The first-order valence-electron chi connectivity index (χ1n) is 5.97. The zero-order valence-electron chi connectivity index (χ0n) is 10.7. The van der Waals surface area contributed by atoms with Crippen LogP contribution in [0.2, 0.25) is 10.0 Å². The van der Waals surface area contributed by atoms with Crippen LogP contribution in [0, 0.1) is 0 Å². The molecule has 0 aliphatic heterocycles. The zero-order chi connectivity index (χ0) is 14.5. The van der Waals surface area contributed by atoms with Gasteiger partial charge in [-0.2, -0.15) is 0 Å². The molecule has 0 bridgehead atoms. The van der Waals surface area contributed by atoms with Crippen molar-refractivity contribution in [1.29, 1.82) is 0 Å². The van der Waals surface area contributed by atoms with Gasteiger partial charge in [-0.1, -0.05) is 23.2 Å². The highest BCUT2D eigenvalue weighted by atomic mass is 35.5. The molecule has 6 heteroatoms. The monoisotopic (exact) mass is 329 g/mol. The molecule has 106 valence electrons. The molecule has 1 atom stereocenters. The predicted molar refractivity (Wildman–Crippen MR) is 82.5 cm³/mol. The van der Waals surface area contributed by atoms with Crippen LogP contribution in [0.5, 0.6) is 0 Å². The third kappa shape index (κ3) is 4.20. The van der Waals surface area contributed by atoms with E-state index in [2.05, 4.69) is 5.32 Å². The molecule has 1 unspecified atom stereocenters. The Hall–Kier alpha value is -1.10. The highest BCUT2D eigenvalue weighted by molar-refractivity contribution is 8.00. The first kappa shape index (κ1) is 15.3. The summed E-state index contributed by atoms with van der Waals surface area (Å²) in [5.74, 6) is 0.907.